The van der Waals surface area contributed by atoms with Crippen molar-refractivity contribution >= 4 is 5.82 Å². The summed E-state index contributed by atoms with van der Waals surface area (Å²) >= 11 is 0. The molecule has 2 aromatic heterocycles. The van der Waals surface area contributed by atoms with Gasteiger partial charge in [0.05, 0.1) is 0 Å². The molecule has 2 heterocycles. The van der Waals surface area contributed by atoms with Crippen molar-refractivity contribution in [2.24, 2.45) is 0 Å². The van der Waals surface area contributed by atoms with E-state index in [0.29, 0.717) is 0 Å². The Hall–Kier alpha value is -2.75. The molecule has 0 amide bonds. The average molecular weight is 307 g/mol. The third-order valence-electron chi connectivity index (χ3n) is 3.71. The molecule has 1 unspecified atom stereocenters. The Labute approximate surface area is 135 Å². The van der Waals surface area contributed by atoms with E-state index in [-0.39, 0.29) is 11.9 Å². The number of halogens is 1. The highest BCUT2D eigenvalue weighted by Crippen LogP contribution is 2.22. The van der Waals surface area contributed by atoms with E-state index in [1.54, 1.807) is 12.1 Å². The summed E-state index contributed by atoms with van der Waals surface area (Å²) in [6.07, 6.45) is 5.49. The van der Waals surface area contributed by atoms with Gasteiger partial charge in [-0.2, -0.15) is 0 Å². The Bertz CT molecular complexity index is 782. The van der Waals surface area contributed by atoms with Crippen LogP contribution in [0, 0.1) is 12.7 Å². The zero-order chi connectivity index (χ0) is 16.2. The molecule has 0 aliphatic carbocycles. The van der Waals surface area contributed by atoms with Crippen LogP contribution >= 0.6 is 0 Å². The molecule has 0 spiro atoms. The van der Waals surface area contributed by atoms with Gasteiger partial charge in [-0.25, -0.2) is 9.37 Å². The number of aromatic nitrogens is 2. The van der Waals surface area contributed by atoms with Crippen LogP contribution in [0.4, 0.5) is 10.2 Å². The number of pyridine rings is 2. The van der Waals surface area contributed by atoms with Crippen LogP contribution in [-0.4, -0.2) is 9.97 Å². The van der Waals surface area contributed by atoms with Gasteiger partial charge < -0.3 is 5.32 Å². The van der Waals surface area contributed by atoms with Gasteiger partial charge in [0.1, 0.15) is 11.6 Å². The van der Waals surface area contributed by atoms with Gasteiger partial charge in [-0.3, -0.25) is 4.98 Å². The van der Waals surface area contributed by atoms with Crippen molar-refractivity contribution in [3.8, 4) is 11.1 Å². The van der Waals surface area contributed by atoms with E-state index in [1.165, 1.54) is 12.1 Å². The molecule has 0 bridgehead atoms. The topological polar surface area (TPSA) is 37.8 Å². The van der Waals surface area contributed by atoms with E-state index in [1.807, 2.05) is 44.6 Å². The molecular formula is C19H18FN3. The minimum absolute atomic E-state index is 0.0505. The summed E-state index contributed by atoms with van der Waals surface area (Å²) < 4.78 is 13.0. The van der Waals surface area contributed by atoms with Gasteiger partial charge in [0, 0.05) is 35.8 Å². The van der Waals surface area contributed by atoms with Crippen molar-refractivity contribution in [3.05, 3.63) is 78.0 Å². The van der Waals surface area contributed by atoms with Gasteiger partial charge >= 0.3 is 0 Å². The van der Waals surface area contributed by atoms with Crippen molar-refractivity contribution in [1.82, 2.24) is 9.97 Å². The maximum Gasteiger partial charge on any atom is 0.126 e. The zero-order valence-electron chi connectivity index (χ0n) is 13.1. The number of aryl methyl sites for hydroxylation is 1. The van der Waals surface area contributed by atoms with Gasteiger partial charge in [0.25, 0.3) is 0 Å². The molecular weight excluding hydrogens is 289 g/mol. The molecule has 116 valence electrons. The molecule has 1 aromatic carbocycles. The molecule has 4 heteroatoms. The van der Waals surface area contributed by atoms with Gasteiger partial charge in [0.15, 0.2) is 0 Å². The molecule has 0 aliphatic heterocycles. The lowest BCUT2D eigenvalue weighted by molar-refractivity contribution is 0.626. The zero-order valence-corrected chi connectivity index (χ0v) is 13.1. The molecule has 0 aliphatic rings. The number of hydrogen-bond acceptors (Lipinski definition) is 3. The Morgan fingerprint density at radius 3 is 2.39 bits per heavy atom. The smallest absolute Gasteiger partial charge is 0.126 e. The maximum absolute atomic E-state index is 13.0. The normalized spacial score (nSPS) is 12.0. The minimum Gasteiger partial charge on any atom is -0.364 e. The van der Waals surface area contributed by atoms with Gasteiger partial charge in [0.2, 0.25) is 0 Å². The lowest BCUT2D eigenvalue weighted by atomic mass is 10.1. The maximum atomic E-state index is 13.0. The summed E-state index contributed by atoms with van der Waals surface area (Å²) in [7, 11) is 0. The Morgan fingerprint density at radius 2 is 1.74 bits per heavy atom. The fourth-order valence-electron chi connectivity index (χ4n) is 2.42. The van der Waals surface area contributed by atoms with Gasteiger partial charge in [-0.15, -0.1) is 0 Å². The number of rotatable bonds is 4. The van der Waals surface area contributed by atoms with Crippen LogP contribution in [0.2, 0.25) is 0 Å². The number of anilines is 1. The fourth-order valence-corrected chi connectivity index (χ4v) is 2.42. The number of hydrogen-bond donors (Lipinski definition) is 1. The van der Waals surface area contributed by atoms with E-state index in [0.717, 1.165) is 28.1 Å². The number of nitrogens with zero attached hydrogens (tertiary/aromatic N) is 2. The van der Waals surface area contributed by atoms with Crippen LogP contribution in [0.5, 0.6) is 0 Å². The van der Waals surface area contributed by atoms with Crippen LogP contribution in [-0.2, 0) is 0 Å². The first-order valence-corrected chi connectivity index (χ1v) is 7.52. The highest BCUT2D eigenvalue weighted by atomic mass is 19.1. The molecule has 0 saturated carbocycles. The van der Waals surface area contributed by atoms with Crippen LogP contribution in [0.15, 0.2) is 61.1 Å². The molecule has 1 N–H and O–H groups in total. The molecule has 3 rings (SSSR count). The predicted molar refractivity (Wildman–Crippen MR) is 90.6 cm³/mol. The minimum atomic E-state index is -0.227. The third-order valence-corrected chi connectivity index (χ3v) is 3.71. The number of nitrogens with one attached hydrogen (secondary N) is 1. The molecule has 3 nitrogen and oxygen atoms in total. The molecule has 0 fully saturated rings. The standard InChI is InChI=1S/C19H18FN3/c1-13-9-17(11-21-10-13)16-5-8-19(22-12-16)23-14(2)15-3-6-18(20)7-4-15/h3-12,14H,1-2H3,(H,22,23). The average Bonchev–Trinajstić information content (AvgIpc) is 2.56. The highest BCUT2D eigenvalue weighted by molar-refractivity contribution is 5.63. The first-order chi connectivity index (χ1) is 11.1. The summed E-state index contributed by atoms with van der Waals surface area (Å²) in [5.74, 6) is 0.557. The Balaban J connectivity index is 1.73. The number of benzene rings is 1. The van der Waals surface area contributed by atoms with Crippen molar-refractivity contribution in [2.45, 2.75) is 19.9 Å². The van der Waals surface area contributed by atoms with Crippen LogP contribution in [0.3, 0.4) is 0 Å². The predicted octanol–water partition coefficient (Wildman–Crippen LogP) is 4.76. The lowest BCUT2D eigenvalue weighted by Gasteiger charge is -2.15. The molecule has 23 heavy (non-hydrogen) atoms. The SMILES string of the molecule is Cc1cncc(-c2ccc(NC(C)c3ccc(F)cc3)nc2)c1. The molecule has 0 radical (unpaired) electrons. The van der Waals surface area contributed by atoms with E-state index in [2.05, 4.69) is 21.4 Å². The second-order valence-electron chi connectivity index (χ2n) is 5.60. The molecule has 3 aromatic rings. The third kappa shape index (κ3) is 3.72. The second-order valence-corrected chi connectivity index (χ2v) is 5.60. The largest absolute Gasteiger partial charge is 0.364 e. The summed E-state index contributed by atoms with van der Waals surface area (Å²) in [6, 6.07) is 12.6. The highest BCUT2D eigenvalue weighted by Gasteiger charge is 2.07. The second kappa shape index (κ2) is 6.57. The Kier molecular flexibility index (Phi) is 4.33. The van der Waals surface area contributed by atoms with Crippen molar-refractivity contribution in [3.63, 3.8) is 0 Å². The van der Waals surface area contributed by atoms with Gasteiger partial charge in [-0.05, 0) is 55.3 Å². The van der Waals surface area contributed by atoms with Crippen LogP contribution < -0.4 is 5.32 Å². The van der Waals surface area contributed by atoms with Gasteiger partial charge in [-0.1, -0.05) is 12.1 Å². The summed E-state index contributed by atoms with van der Waals surface area (Å²) in [5.41, 5.74) is 4.21. The molecule has 0 saturated heterocycles. The van der Waals surface area contributed by atoms with Crippen molar-refractivity contribution < 1.29 is 4.39 Å². The first kappa shape index (κ1) is 15.2. The van der Waals surface area contributed by atoms with Crippen molar-refractivity contribution in [1.29, 1.82) is 0 Å². The monoisotopic (exact) mass is 307 g/mol. The van der Waals surface area contributed by atoms with E-state index in [9.17, 15) is 4.39 Å². The molecule has 1 atom stereocenters. The quantitative estimate of drug-likeness (QED) is 0.755. The first-order valence-electron chi connectivity index (χ1n) is 7.52. The van der Waals surface area contributed by atoms with Crippen molar-refractivity contribution in [2.75, 3.05) is 5.32 Å². The summed E-state index contributed by atoms with van der Waals surface area (Å²) in [4.78, 5) is 8.66. The lowest BCUT2D eigenvalue weighted by Crippen LogP contribution is -2.07. The fraction of sp³-hybridized carbons (Fsp3) is 0.158. The summed E-state index contributed by atoms with van der Waals surface area (Å²) in [5, 5.41) is 3.32. The Morgan fingerprint density at radius 1 is 0.957 bits per heavy atom. The van der Waals surface area contributed by atoms with E-state index in [4.69, 9.17) is 0 Å². The van der Waals surface area contributed by atoms with Crippen LogP contribution in [0.25, 0.3) is 11.1 Å². The van der Waals surface area contributed by atoms with E-state index < -0.39 is 0 Å². The van der Waals surface area contributed by atoms with E-state index >= 15 is 0 Å². The summed E-state index contributed by atoms with van der Waals surface area (Å²) in [6.45, 7) is 4.04. The van der Waals surface area contributed by atoms with Crippen LogP contribution in [0.1, 0.15) is 24.1 Å².